The molecule has 2 bridgehead atoms. The highest BCUT2D eigenvalue weighted by molar-refractivity contribution is 7.89. The first-order valence-electron chi connectivity index (χ1n) is 7.54. The molecule has 2 saturated heterocycles. The number of likely N-dealkylation sites (N-methyl/N-ethyl adjacent to an activating group) is 1. The monoisotopic (exact) mass is 312 g/mol. The summed E-state index contributed by atoms with van der Waals surface area (Å²) in [6.45, 7) is 5.41. The van der Waals surface area contributed by atoms with Crippen molar-refractivity contribution < 1.29 is 8.42 Å². The van der Waals surface area contributed by atoms with E-state index >= 15 is 0 Å². The molecule has 21 heavy (non-hydrogen) atoms. The van der Waals surface area contributed by atoms with Gasteiger partial charge in [-0.3, -0.25) is 4.68 Å². The molecule has 0 aliphatic carbocycles. The van der Waals surface area contributed by atoms with E-state index < -0.39 is 10.0 Å². The van der Waals surface area contributed by atoms with Crippen molar-refractivity contribution >= 4 is 10.0 Å². The van der Waals surface area contributed by atoms with Crippen molar-refractivity contribution in [3.8, 4) is 0 Å². The lowest BCUT2D eigenvalue weighted by Gasteiger charge is -2.27. The summed E-state index contributed by atoms with van der Waals surface area (Å²) >= 11 is 0. The Labute approximate surface area is 126 Å². The van der Waals surface area contributed by atoms with Crippen LogP contribution in [0.5, 0.6) is 0 Å². The molecule has 2 fully saturated rings. The molecule has 6 nitrogen and oxygen atoms in total. The maximum absolute atomic E-state index is 13.2. The molecule has 118 valence electrons. The Bertz CT molecular complexity index is 652. The second-order valence-corrected chi connectivity index (χ2v) is 8.17. The Morgan fingerprint density at radius 1 is 1.10 bits per heavy atom. The molecule has 0 saturated carbocycles. The molecule has 0 N–H and O–H groups in total. The van der Waals surface area contributed by atoms with Gasteiger partial charge < -0.3 is 4.90 Å². The molecule has 2 aliphatic heterocycles. The zero-order valence-corrected chi connectivity index (χ0v) is 14.0. The summed E-state index contributed by atoms with van der Waals surface area (Å²) in [7, 11) is 0.411. The number of aryl methyl sites for hydroxylation is 2. The van der Waals surface area contributed by atoms with Crippen LogP contribution in [0.3, 0.4) is 0 Å². The molecule has 0 aromatic carbocycles. The molecule has 2 aliphatic rings. The molecule has 0 spiro atoms. The summed E-state index contributed by atoms with van der Waals surface area (Å²) in [5, 5.41) is 4.28. The van der Waals surface area contributed by atoms with Gasteiger partial charge in [0.25, 0.3) is 0 Å². The highest BCUT2D eigenvalue weighted by atomic mass is 32.2. The van der Waals surface area contributed by atoms with E-state index in [1.54, 1.807) is 23.0 Å². The van der Waals surface area contributed by atoms with E-state index in [0.717, 1.165) is 38.0 Å². The minimum absolute atomic E-state index is 0.103. The Balaban J connectivity index is 2.06. The summed E-state index contributed by atoms with van der Waals surface area (Å²) in [6.07, 6.45) is 2.87. The van der Waals surface area contributed by atoms with Crippen LogP contribution in [0.25, 0.3) is 0 Å². The molecule has 3 rings (SSSR count). The lowest BCUT2D eigenvalue weighted by atomic mass is 10.1. The second-order valence-electron chi connectivity index (χ2n) is 6.39. The summed E-state index contributed by atoms with van der Waals surface area (Å²) in [5.74, 6) is 0. The van der Waals surface area contributed by atoms with Gasteiger partial charge in [-0.1, -0.05) is 0 Å². The lowest BCUT2D eigenvalue weighted by Crippen LogP contribution is -2.42. The third-order valence-electron chi connectivity index (χ3n) is 4.90. The largest absolute Gasteiger partial charge is 0.305 e. The van der Waals surface area contributed by atoms with Gasteiger partial charge in [0.1, 0.15) is 4.90 Å². The predicted molar refractivity (Wildman–Crippen MR) is 80.6 cm³/mol. The Kier molecular flexibility index (Phi) is 3.62. The van der Waals surface area contributed by atoms with Gasteiger partial charge in [-0.15, -0.1) is 0 Å². The first kappa shape index (κ1) is 15.0. The predicted octanol–water partition coefficient (Wildman–Crippen LogP) is 0.894. The molecule has 0 amide bonds. The van der Waals surface area contributed by atoms with Crippen LogP contribution in [-0.2, 0) is 17.1 Å². The fourth-order valence-corrected chi connectivity index (χ4v) is 6.12. The van der Waals surface area contributed by atoms with Crippen molar-refractivity contribution in [2.75, 3.05) is 20.1 Å². The van der Waals surface area contributed by atoms with Crippen molar-refractivity contribution in [2.24, 2.45) is 7.05 Å². The highest BCUT2D eigenvalue weighted by Gasteiger charge is 2.45. The van der Waals surface area contributed by atoms with E-state index in [2.05, 4.69) is 17.0 Å². The number of fused-ring (bicyclic) bond motifs is 2. The van der Waals surface area contributed by atoms with Crippen LogP contribution in [0.2, 0.25) is 0 Å². The van der Waals surface area contributed by atoms with Crippen LogP contribution < -0.4 is 0 Å². The first-order chi connectivity index (χ1) is 9.82. The fourth-order valence-electron chi connectivity index (χ4n) is 3.83. The van der Waals surface area contributed by atoms with Crippen molar-refractivity contribution in [3.63, 3.8) is 0 Å². The molecule has 2 atom stereocenters. The van der Waals surface area contributed by atoms with Crippen LogP contribution in [0.1, 0.15) is 30.7 Å². The fraction of sp³-hybridized carbons (Fsp3) is 0.786. The van der Waals surface area contributed by atoms with Gasteiger partial charge in [0, 0.05) is 25.7 Å². The number of hydrogen-bond acceptors (Lipinski definition) is 4. The first-order valence-corrected chi connectivity index (χ1v) is 8.98. The standard InChI is InChI=1S/C14H24N4O2S/c1-10-14(11(2)17(4)15-10)21(19,20)18-12-5-6-13(18)9-16(3)8-7-12/h12-13H,5-9H2,1-4H3/t12-,13+/m0/s1. The van der Waals surface area contributed by atoms with Gasteiger partial charge in [-0.05, 0) is 46.7 Å². The quantitative estimate of drug-likeness (QED) is 0.814. The molecule has 7 heteroatoms. The van der Waals surface area contributed by atoms with Crippen LogP contribution in [-0.4, -0.2) is 59.6 Å². The molecular formula is C14H24N4O2S. The second kappa shape index (κ2) is 5.07. The van der Waals surface area contributed by atoms with E-state index in [1.165, 1.54) is 0 Å². The number of aromatic nitrogens is 2. The van der Waals surface area contributed by atoms with Crippen molar-refractivity contribution in [2.45, 2.75) is 50.1 Å². The van der Waals surface area contributed by atoms with E-state index in [-0.39, 0.29) is 12.1 Å². The molecule has 1 aromatic rings. The third-order valence-corrected chi connectivity index (χ3v) is 7.16. The van der Waals surface area contributed by atoms with Crippen molar-refractivity contribution in [1.29, 1.82) is 0 Å². The zero-order valence-electron chi connectivity index (χ0n) is 13.2. The number of hydrogen-bond donors (Lipinski definition) is 0. The minimum Gasteiger partial charge on any atom is -0.305 e. The van der Waals surface area contributed by atoms with Gasteiger partial charge in [-0.2, -0.15) is 9.40 Å². The van der Waals surface area contributed by atoms with E-state index in [4.69, 9.17) is 0 Å². The Hall–Kier alpha value is -0.920. The normalized spacial score (nSPS) is 28.0. The molecule has 0 radical (unpaired) electrons. The molecular weight excluding hydrogens is 288 g/mol. The third kappa shape index (κ3) is 2.31. The molecule has 3 heterocycles. The van der Waals surface area contributed by atoms with E-state index in [0.29, 0.717) is 10.6 Å². The van der Waals surface area contributed by atoms with Gasteiger partial charge in [0.2, 0.25) is 10.0 Å². The van der Waals surface area contributed by atoms with Crippen molar-refractivity contribution in [1.82, 2.24) is 19.0 Å². The van der Waals surface area contributed by atoms with Crippen LogP contribution in [0.15, 0.2) is 4.90 Å². The van der Waals surface area contributed by atoms with E-state index in [9.17, 15) is 8.42 Å². The maximum atomic E-state index is 13.2. The molecule has 1 aromatic heterocycles. The number of likely N-dealkylation sites (tertiary alicyclic amines) is 1. The van der Waals surface area contributed by atoms with Crippen LogP contribution in [0.4, 0.5) is 0 Å². The summed E-state index contributed by atoms with van der Waals surface area (Å²) in [4.78, 5) is 2.65. The van der Waals surface area contributed by atoms with Crippen LogP contribution in [0, 0.1) is 13.8 Å². The Morgan fingerprint density at radius 3 is 2.38 bits per heavy atom. The topological polar surface area (TPSA) is 58.4 Å². The van der Waals surface area contributed by atoms with Gasteiger partial charge in [0.15, 0.2) is 0 Å². The lowest BCUT2D eigenvalue weighted by molar-refractivity contribution is 0.289. The van der Waals surface area contributed by atoms with Crippen LogP contribution >= 0.6 is 0 Å². The summed E-state index contributed by atoms with van der Waals surface area (Å²) in [6, 6.07) is 0.246. The summed E-state index contributed by atoms with van der Waals surface area (Å²) < 4.78 is 29.9. The minimum atomic E-state index is -3.46. The summed E-state index contributed by atoms with van der Waals surface area (Å²) in [5.41, 5.74) is 1.33. The number of nitrogens with zero attached hydrogens (tertiary/aromatic N) is 4. The maximum Gasteiger partial charge on any atom is 0.247 e. The average molecular weight is 312 g/mol. The van der Waals surface area contributed by atoms with Crippen molar-refractivity contribution in [3.05, 3.63) is 11.4 Å². The molecule has 0 unspecified atom stereocenters. The number of rotatable bonds is 2. The highest BCUT2D eigenvalue weighted by Crippen LogP contribution is 2.36. The van der Waals surface area contributed by atoms with E-state index in [1.807, 2.05) is 6.92 Å². The average Bonchev–Trinajstić information content (AvgIpc) is 2.82. The van der Waals surface area contributed by atoms with Gasteiger partial charge in [-0.25, -0.2) is 8.42 Å². The number of sulfonamides is 1. The Morgan fingerprint density at radius 2 is 1.76 bits per heavy atom. The van der Waals surface area contributed by atoms with Gasteiger partial charge in [0.05, 0.1) is 11.4 Å². The SMILES string of the molecule is Cc1nn(C)c(C)c1S(=O)(=O)N1[C@H]2CC[C@@H]1CN(C)CC2. The zero-order chi connectivity index (χ0) is 15.4. The van der Waals surface area contributed by atoms with Gasteiger partial charge >= 0.3 is 0 Å². The smallest absolute Gasteiger partial charge is 0.247 e.